The lowest BCUT2D eigenvalue weighted by molar-refractivity contribution is 0.0458. The Morgan fingerprint density at radius 1 is 1.48 bits per heavy atom. The average molecular weight is 313 g/mol. The lowest BCUT2D eigenvalue weighted by atomic mass is 10.1. The first-order valence-electron chi connectivity index (χ1n) is 6.63. The average Bonchev–Trinajstić information content (AvgIpc) is 2.48. The van der Waals surface area contributed by atoms with E-state index in [9.17, 15) is 9.59 Å². The molecule has 0 radical (unpaired) electrons. The van der Waals surface area contributed by atoms with E-state index < -0.39 is 5.97 Å². The molecule has 0 aromatic heterocycles. The molecule has 1 aliphatic rings. The van der Waals surface area contributed by atoms with Crippen LogP contribution in [0.25, 0.3) is 0 Å². The van der Waals surface area contributed by atoms with E-state index in [1.807, 2.05) is 0 Å². The minimum atomic E-state index is -1.14. The smallest absolute Gasteiger partial charge is 0.337 e. The van der Waals surface area contributed by atoms with Gasteiger partial charge in [-0.15, -0.1) is 0 Å². The van der Waals surface area contributed by atoms with Gasteiger partial charge < -0.3 is 20.1 Å². The second kappa shape index (κ2) is 6.78. The van der Waals surface area contributed by atoms with E-state index in [-0.39, 0.29) is 23.4 Å². The normalized spacial score (nSPS) is 18.4. The number of carboxylic acids is 1. The van der Waals surface area contributed by atoms with Gasteiger partial charge in [0.2, 0.25) is 0 Å². The van der Waals surface area contributed by atoms with Crippen LogP contribution < -0.4 is 5.32 Å². The molecule has 0 saturated carbocycles. The lowest BCUT2D eigenvalue weighted by Gasteiger charge is -2.32. The Balaban J connectivity index is 2.11. The van der Waals surface area contributed by atoms with Gasteiger partial charge in [0.1, 0.15) is 0 Å². The van der Waals surface area contributed by atoms with Crippen LogP contribution in [-0.2, 0) is 4.74 Å². The number of hydrogen-bond donors (Lipinski definition) is 2. The Morgan fingerprint density at radius 2 is 2.24 bits per heavy atom. The van der Waals surface area contributed by atoms with Gasteiger partial charge in [-0.05, 0) is 31.0 Å². The predicted octanol–water partition coefficient (Wildman–Crippen LogP) is 2.68. The number of likely N-dealkylation sites (tertiary alicyclic amines) is 1. The molecule has 1 fully saturated rings. The van der Waals surface area contributed by atoms with Crippen molar-refractivity contribution >= 4 is 29.3 Å². The number of methoxy groups -OCH3 is 1. The number of rotatable bonds is 3. The van der Waals surface area contributed by atoms with Crippen LogP contribution >= 0.6 is 11.6 Å². The monoisotopic (exact) mass is 312 g/mol. The fourth-order valence-electron chi connectivity index (χ4n) is 2.31. The Bertz CT molecular complexity index is 550. The maximum atomic E-state index is 12.2. The van der Waals surface area contributed by atoms with Crippen LogP contribution in [0.1, 0.15) is 23.2 Å². The van der Waals surface area contributed by atoms with E-state index in [1.165, 1.54) is 18.2 Å². The van der Waals surface area contributed by atoms with Gasteiger partial charge in [-0.25, -0.2) is 9.59 Å². The zero-order valence-electron chi connectivity index (χ0n) is 11.6. The van der Waals surface area contributed by atoms with Crippen molar-refractivity contribution in [1.29, 1.82) is 0 Å². The van der Waals surface area contributed by atoms with E-state index in [0.717, 1.165) is 12.8 Å². The van der Waals surface area contributed by atoms with Gasteiger partial charge in [0.05, 0.1) is 17.4 Å². The minimum Gasteiger partial charge on any atom is -0.478 e. The van der Waals surface area contributed by atoms with Gasteiger partial charge in [0.25, 0.3) is 0 Å². The summed E-state index contributed by atoms with van der Waals surface area (Å²) in [4.78, 5) is 25.0. The summed E-state index contributed by atoms with van der Waals surface area (Å²) < 4.78 is 5.27. The zero-order chi connectivity index (χ0) is 15.4. The van der Waals surface area contributed by atoms with Gasteiger partial charge in [0, 0.05) is 25.2 Å². The van der Waals surface area contributed by atoms with Gasteiger partial charge in [-0.1, -0.05) is 11.6 Å². The number of halogens is 1. The number of aromatic carboxylic acids is 1. The summed E-state index contributed by atoms with van der Waals surface area (Å²) in [5.41, 5.74) is 0.201. The third-order valence-electron chi connectivity index (χ3n) is 3.45. The number of amides is 2. The van der Waals surface area contributed by atoms with E-state index in [0.29, 0.717) is 18.1 Å². The van der Waals surface area contributed by atoms with E-state index in [2.05, 4.69) is 5.32 Å². The molecule has 1 aliphatic heterocycles. The molecule has 0 aliphatic carbocycles. The molecule has 2 N–H and O–H groups in total. The van der Waals surface area contributed by atoms with E-state index in [4.69, 9.17) is 21.4 Å². The maximum absolute atomic E-state index is 12.2. The van der Waals surface area contributed by atoms with Crippen LogP contribution in [0.4, 0.5) is 10.5 Å². The van der Waals surface area contributed by atoms with Crippen molar-refractivity contribution in [1.82, 2.24) is 4.90 Å². The molecule has 1 unspecified atom stereocenters. The molecule has 2 rings (SSSR count). The number of nitrogens with one attached hydrogen (secondary N) is 1. The van der Waals surface area contributed by atoms with Crippen molar-refractivity contribution in [3.05, 3.63) is 28.8 Å². The van der Waals surface area contributed by atoms with Gasteiger partial charge in [0.15, 0.2) is 0 Å². The van der Waals surface area contributed by atoms with Crippen LogP contribution in [0.5, 0.6) is 0 Å². The van der Waals surface area contributed by atoms with E-state index >= 15 is 0 Å². The van der Waals surface area contributed by atoms with Crippen molar-refractivity contribution in [3.8, 4) is 0 Å². The van der Waals surface area contributed by atoms with E-state index in [1.54, 1.807) is 12.0 Å². The molecule has 6 nitrogen and oxygen atoms in total. The maximum Gasteiger partial charge on any atom is 0.337 e. The molecule has 114 valence electrons. The largest absolute Gasteiger partial charge is 0.478 e. The molecule has 0 bridgehead atoms. The summed E-state index contributed by atoms with van der Waals surface area (Å²) in [7, 11) is 1.62. The Morgan fingerprint density at radius 3 is 2.90 bits per heavy atom. The zero-order valence-corrected chi connectivity index (χ0v) is 12.4. The first-order chi connectivity index (χ1) is 10.0. The van der Waals surface area contributed by atoms with Gasteiger partial charge in [-0.3, -0.25) is 0 Å². The molecular weight excluding hydrogens is 296 g/mol. The fourth-order valence-corrected chi connectivity index (χ4v) is 2.48. The molecule has 7 heteroatoms. The summed E-state index contributed by atoms with van der Waals surface area (Å²) in [5, 5.41) is 12.1. The van der Waals surface area contributed by atoms with Crippen molar-refractivity contribution in [2.75, 3.05) is 25.5 Å². The molecule has 1 heterocycles. The molecule has 0 spiro atoms. The Kier molecular flexibility index (Phi) is 5.03. The summed E-state index contributed by atoms with van der Waals surface area (Å²) in [6.07, 6.45) is 1.80. The highest BCUT2D eigenvalue weighted by Crippen LogP contribution is 2.22. The van der Waals surface area contributed by atoms with Crippen molar-refractivity contribution in [3.63, 3.8) is 0 Å². The van der Waals surface area contributed by atoms with Crippen LogP contribution in [0.15, 0.2) is 18.2 Å². The summed E-state index contributed by atoms with van der Waals surface area (Å²) in [6, 6.07) is 4.01. The van der Waals surface area contributed by atoms with Crippen LogP contribution in [0, 0.1) is 0 Å². The molecule has 2 amide bonds. The number of carbonyl (C=O) groups excluding carboxylic acids is 1. The van der Waals surface area contributed by atoms with Crippen molar-refractivity contribution in [2.24, 2.45) is 0 Å². The molecule has 1 aromatic rings. The molecule has 21 heavy (non-hydrogen) atoms. The standard InChI is InChI=1S/C14H17ClN2O4/c1-21-10-3-2-6-17(8-10)14(20)16-12-5-4-9(15)7-11(12)13(18)19/h4-5,7,10H,2-3,6,8H2,1H3,(H,16,20)(H,18,19). The Labute approximate surface area is 127 Å². The quantitative estimate of drug-likeness (QED) is 0.899. The predicted molar refractivity (Wildman–Crippen MR) is 79.0 cm³/mol. The number of piperidine rings is 1. The Hall–Kier alpha value is -1.79. The third kappa shape index (κ3) is 3.86. The van der Waals surface area contributed by atoms with Gasteiger partial charge in [-0.2, -0.15) is 0 Å². The second-order valence-electron chi connectivity index (χ2n) is 4.87. The number of anilines is 1. The topological polar surface area (TPSA) is 78.9 Å². The van der Waals surface area contributed by atoms with Gasteiger partial charge >= 0.3 is 12.0 Å². The SMILES string of the molecule is COC1CCCN(C(=O)Nc2ccc(Cl)cc2C(=O)O)C1. The summed E-state index contributed by atoms with van der Waals surface area (Å²) in [6.45, 7) is 1.13. The number of nitrogens with zero attached hydrogens (tertiary/aromatic N) is 1. The first kappa shape index (κ1) is 15.6. The summed E-state index contributed by atoms with van der Waals surface area (Å²) >= 11 is 5.78. The minimum absolute atomic E-state index is 0.0219. The highest BCUT2D eigenvalue weighted by Gasteiger charge is 2.24. The number of carbonyl (C=O) groups is 2. The number of benzene rings is 1. The van der Waals surface area contributed by atoms with Crippen LogP contribution in [0.2, 0.25) is 5.02 Å². The molecule has 1 aromatic carbocycles. The number of hydrogen-bond acceptors (Lipinski definition) is 3. The molecular formula is C14H17ClN2O4. The van der Waals surface area contributed by atoms with Crippen molar-refractivity contribution < 1.29 is 19.4 Å². The molecule has 1 atom stereocenters. The first-order valence-corrected chi connectivity index (χ1v) is 7.00. The fraction of sp³-hybridized carbons (Fsp3) is 0.429. The second-order valence-corrected chi connectivity index (χ2v) is 5.31. The van der Waals surface area contributed by atoms with Crippen LogP contribution in [0.3, 0.4) is 0 Å². The number of urea groups is 1. The highest BCUT2D eigenvalue weighted by molar-refractivity contribution is 6.31. The van der Waals surface area contributed by atoms with Crippen LogP contribution in [-0.4, -0.2) is 48.3 Å². The van der Waals surface area contributed by atoms with Crippen molar-refractivity contribution in [2.45, 2.75) is 18.9 Å². The number of ether oxygens (including phenoxy) is 1. The highest BCUT2D eigenvalue weighted by atomic mass is 35.5. The third-order valence-corrected chi connectivity index (χ3v) is 3.69. The molecule has 1 saturated heterocycles. The summed E-state index contributed by atoms with van der Waals surface area (Å²) in [5.74, 6) is -1.14. The lowest BCUT2D eigenvalue weighted by Crippen LogP contribution is -2.45. The number of carboxylic acid groups (broad SMARTS) is 1.